The molecule has 1 N–H and O–H groups in total. The van der Waals surface area contributed by atoms with Crippen molar-refractivity contribution in [1.29, 1.82) is 0 Å². The van der Waals surface area contributed by atoms with Crippen LogP contribution in [0, 0.1) is 6.92 Å². The monoisotopic (exact) mass is 594 g/mol. The average Bonchev–Trinajstić information content (AvgIpc) is 3.20. The van der Waals surface area contributed by atoms with Crippen LogP contribution in [0.15, 0.2) is 30.3 Å². The molecule has 222 valence electrons. The maximum absolute atomic E-state index is 13.7. The van der Waals surface area contributed by atoms with Crippen molar-refractivity contribution in [3.05, 3.63) is 63.7 Å². The second-order valence-electron chi connectivity index (χ2n) is 9.72. The first-order valence-corrected chi connectivity index (χ1v) is 12.2. The molecule has 0 spiro atoms. The fourth-order valence-electron chi connectivity index (χ4n) is 5.11. The summed E-state index contributed by atoms with van der Waals surface area (Å²) in [7, 11) is 1.37. The lowest BCUT2D eigenvalue weighted by molar-refractivity contribution is -0.143. The van der Waals surface area contributed by atoms with E-state index < -0.39 is 59.3 Å². The van der Waals surface area contributed by atoms with Crippen LogP contribution in [0.5, 0.6) is 0 Å². The van der Waals surface area contributed by atoms with E-state index in [2.05, 4.69) is 20.7 Å². The van der Waals surface area contributed by atoms with Gasteiger partial charge in [0, 0.05) is 30.8 Å². The highest BCUT2D eigenvalue weighted by atomic mass is 19.4. The topological polar surface area (TPSA) is 75.9 Å². The quantitative estimate of drug-likeness (QED) is 0.268. The van der Waals surface area contributed by atoms with E-state index in [0.717, 1.165) is 10.9 Å². The predicted octanol–water partition coefficient (Wildman–Crippen LogP) is 6.27. The largest absolute Gasteiger partial charge is 0.416 e. The van der Waals surface area contributed by atoms with Crippen LogP contribution in [-0.4, -0.2) is 33.0 Å². The number of carbonyl (C=O) groups is 1. The van der Waals surface area contributed by atoms with Crippen molar-refractivity contribution in [3.8, 4) is 0 Å². The van der Waals surface area contributed by atoms with E-state index in [-0.39, 0.29) is 48.2 Å². The van der Waals surface area contributed by atoms with Crippen LogP contribution in [0.2, 0.25) is 0 Å². The van der Waals surface area contributed by atoms with Gasteiger partial charge in [-0.2, -0.15) is 44.3 Å². The minimum Gasteiger partial charge on any atom is -0.385 e. The van der Waals surface area contributed by atoms with E-state index in [0.29, 0.717) is 18.4 Å². The molecule has 7 nitrogen and oxygen atoms in total. The van der Waals surface area contributed by atoms with Crippen LogP contribution in [0.4, 0.5) is 51.1 Å². The lowest BCUT2D eigenvalue weighted by Crippen LogP contribution is -2.47. The molecule has 0 radical (unpaired) electrons. The molecule has 0 saturated heterocycles. The zero-order valence-corrected chi connectivity index (χ0v) is 21.5. The van der Waals surface area contributed by atoms with E-state index in [1.54, 1.807) is 0 Å². The fourth-order valence-corrected chi connectivity index (χ4v) is 5.11. The van der Waals surface area contributed by atoms with Gasteiger partial charge >= 0.3 is 18.5 Å². The van der Waals surface area contributed by atoms with E-state index in [1.165, 1.54) is 24.9 Å². The van der Waals surface area contributed by atoms with Gasteiger partial charge in [0.1, 0.15) is 6.29 Å². The Morgan fingerprint density at radius 2 is 1.61 bits per heavy atom. The number of nitrogens with zero attached hydrogens (tertiary/aromatic N) is 5. The molecule has 3 aromatic rings. The summed E-state index contributed by atoms with van der Waals surface area (Å²) in [6.45, 7) is 0.733. The van der Waals surface area contributed by atoms with Gasteiger partial charge in [0.2, 0.25) is 0 Å². The Hall–Kier alpha value is -3.85. The number of hydrogen-bond donors (Lipinski definition) is 1. The highest BCUT2D eigenvalue weighted by Crippen LogP contribution is 2.47. The maximum Gasteiger partial charge on any atom is 0.416 e. The number of fused-ring (bicyclic) bond motifs is 1. The molecule has 41 heavy (non-hydrogen) atoms. The molecule has 0 bridgehead atoms. The lowest BCUT2D eigenvalue weighted by Gasteiger charge is -2.43. The molecule has 1 atom stereocenters. The summed E-state index contributed by atoms with van der Waals surface area (Å²) in [5, 5.41) is 14.6. The number of nitrogens with one attached hydrogen (secondary N) is 1. The van der Waals surface area contributed by atoms with Gasteiger partial charge in [0.05, 0.1) is 29.3 Å². The molecule has 16 heteroatoms. The third-order valence-corrected chi connectivity index (χ3v) is 6.92. The predicted molar refractivity (Wildman–Crippen MR) is 128 cm³/mol. The summed E-state index contributed by atoms with van der Waals surface area (Å²) in [6, 6.07) is 3.17. The van der Waals surface area contributed by atoms with Gasteiger partial charge in [-0.15, -0.1) is 5.10 Å². The van der Waals surface area contributed by atoms with E-state index >= 15 is 0 Å². The van der Waals surface area contributed by atoms with Crippen molar-refractivity contribution >= 4 is 17.9 Å². The van der Waals surface area contributed by atoms with E-state index in [1.807, 2.05) is 0 Å². The Balaban J connectivity index is 1.98. The molecule has 0 fully saturated rings. The van der Waals surface area contributed by atoms with Crippen molar-refractivity contribution in [2.75, 3.05) is 16.8 Å². The first kappa shape index (κ1) is 30.1. The third-order valence-electron chi connectivity index (χ3n) is 6.92. The van der Waals surface area contributed by atoms with Crippen molar-refractivity contribution in [1.82, 2.24) is 20.2 Å². The maximum atomic E-state index is 13.7. The number of aryl methyl sites for hydroxylation is 2. The summed E-state index contributed by atoms with van der Waals surface area (Å²) in [5.41, 5.74) is -6.04. The highest BCUT2D eigenvalue weighted by Gasteiger charge is 2.45. The van der Waals surface area contributed by atoms with Gasteiger partial charge in [-0.05, 0) is 60.4 Å². The summed E-state index contributed by atoms with van der Waals surface area (Å²) in [4.78, 5) is 14.3. The molecule has 2 heterocycles. The summed E-state index contributed by atoms with van der Waals surface area (Å²) < 4.78 is 123. The van der Waals surface area contributed by atoms with Gasteiger partial charge in [0.15, 0.2) is 0 Å². The number of tetrazole rings is 1. The normalized spacial score (nSPS) is 17.9. The minimum atomic E-state index is -5.12. The summed E-state index contributed by atoms with van der Waals surface area (Å²) >= 11 is 0. The minimum absolute atomic E-state index is 0.0104. The van der Waals surface area contributed by atoms with Gasteiger partial charge < -0.3 is 15.0 Å². The van der Waals surface area contributed by atoms with Crippen LogP contribution in [0.3, 0.4) is 0 Å². The second kappa shape index (κ2) is 10.5. The molecule has 1 aliphatic rings. The third kappa shape index (κ3) is 6.10. The molecular weight excluding hydrogens is 571 g/mol. The highest BCUT2D eigenvalue weighted by molar-refractivity contribution is 5.66. The molecule has 0 amide bonds. The van der Waals surface area contributed by atoms with E-state index in [9.17, 15) is 44.3 Å². The molecule has 2 aromatic carbocycles. The Labute approximate surface area is 227 Å². The van der Waals surface area contributed by atoms with Crippen molar-refractivity contribution in [3.63, 3.8) is 0 Å². The smallest absolute Gasteiger partial charge is 0.385 e. The number of alkyl halides is 9. The zero-order valence-electron chi connectivity index (χ0n) is 21.5. The Morgan fingerprint density at radius 3 is 2.12 bits per heavy atom. The number of rotatable bonds is 6. The lowest BCUT2D eigenvalue weighted by atomic mass is 9.79. The van der Waals surface area contributed by atoms with Gasteiger partial charge in [-0.3, -0.25) is 0 Å². The number of carbonyl (C=O) groups excluding carboxylic acids is 1. The molecule has 1 unspecified atom stereocenters. The number of aldehydes is 1. The van der Waals surface area contributed by atoms with Crippen LogP contribution >= 0.6 is 0 Å². The molecular formula is C25H23F9N6O. The summed E-state index contributed by atoms with van der Waals surface area (Å²) in [5.74, 6) is -0.245. The van der Waals surface area contributed by atoms with Gasteiger partial charge in [-0.25, -0.2) is 0 Å². The number of hydrogen-bond acceptors (Lipinski definition) is 6. The number of aromatic nitrogens is 4. The van der Waals surface area contributed by atoms with Crippen LogP contribution in [0.25, 0.3) is 0 Å². The second-order valence-corrected chi connectivity index (χ2v) is 9.72. The van der Waals surface area contributed by atoms with Gasteiger partial charge in [-0.1, -0.05) is 11.2 Å². The van der Waals surface area contributed by atoms with Crippen molar-refractivity contribution in [2.24, 2.45) is 7.05 Å². The standard InChI is InChI=1S/C25H23F9N6O/c1-14-8-19-20(12-18(14)25(32,33)34)35-6-3-4-22(19,5-7-41)40(21-36-38-39(2)37-21)13-15-9-16(23(26,27)28)11-17(10-15)24(29,30)31/h7-12,35H,3-6,13H2,1-2H3. The average molecular weight is 594 g/mol. The number of anilines is 2. The number of halogens is 9. The Kier molecular flexibility index (Phi) is 7.73. The van der Waals surface area contributed by atoms with Crippen molar-refractivity contribution in [2.45, 2.75) is 56.8 Å². The first-order chi connectivity index (χ1) is 19.0. The van der Waals surface area contributed by atoms with Crippen LogP contribution < -0.4 is 10.2 Å². The van der Waals surface area contributed by atoms with Crippen molar-refractivity contribution < 1.29 is 44.3 Å². The molecule has 0 aliphatic carbocycles. The van der Waals surface area contributed by atoms with Crippen LogP contribution in [0.1, 0.15) is 52.6 Å². The van der Waals surface area contributed by atoms with Gasteiger partial charge in [0.25, 0.3) is 5.95 Å². The summed E-state index contributed by atoms with van der Waals surface area (Å²) in [6.07, 6.45) is -14.5. The molecule has 1 aliphatic heterocycles. The molecule has 0 saturated carbocycles. The molecule has 4 rings (SSSR count). The SMILES string of the molecule is Cc1cc2c(cc1C(F)(F)F)NCCCC2(CC=O)N(Cc1cc(C(F)(F)F)cc(C(F)(F)F)c1)c1nnn(C)n1. The fraction of sp³-hybridized carbons (Fsp3) is 0.440. The Morgan fingerprint density at radius 1 is 0.976 bits per heavy atom. The zero-order chi connectivity index (χ0) is 30.4. The first-order valence-electron chi connectivity index (χ1n) is 12.2. The molecule has 1 aromatic heterocycles. The Bertz CT molecular complexity index is 1400. The van der Waals surface area contributed by atoms with Crippen LogP contribution in [-0.2, 0) is 42.5 Å². The number of benzene rings is 2. The van der Waals surface area contributed by atoms with E-state index in [4.69, 9.17) is 0 Å².